The van der Waals surface area contributed by atoms with Crippen molar-refractivity contribution in [3.63, 3.8) is 0 Å². The highest BCUT2D eigenvalue weighted by Gasteiger charge is 2.25. The Hall–Kier alpha value is -2.18. The first kappa shape index (κ1) is 25.4. The van der Waals surface area contributed by atoms with E-state index >= 15 is 0 Å². The second-order valence-corrected chi connectivity index (χ2v) is 12.0. The molecular weight excluding hydrogens is 462 g/mol. The first-order valence-electron chi connectivity index (χ1n) is 10.9. The Labute approximate surface area is 197 Å². The summed E-state index contributed by atoms with van der Waals surface area (Å²) in [6, 6.07) is 14.1. The first-order chi connectivity index (χ1) is 15.6. The largest absolute Gasteiger partial charge is 0.371 e. The molecule has 2 fully saturated rings. The quantitative estimate of drug-likeness (QED) is 0.527. The fourth-order valence-electron chi connectivity index (χ4n) is 3.67. The predicted molar refractivity (Wildman–Crippen MR) is 132 cm³/mol. The van der Waals surface area contributed by atoms with Crippen LogP contribution >= 0.6 is 0 Å². The molecule has 0 saturated carbocycles. The molecule has 0 amide bonds. The summed E-state index contributed by atoms with van der Waals surface area (Å²) in [7, 11) is -3.83. The van der Waals surface area contributed by atoms with E-state index < -0.39 is 20.0 Å². The van der Waals surface area contributed by atoms with E-state index in [4.69, 9.17) is 5.73 Å². The molecule has 2 aliphatic heterocycles. The van der Waals surface area contributed by atoms with E-state index in [1.807, 2.05) is 12.1 Å². The van der Waals surface area contributed by atoms with E-state index in [0.717, 1.165) is 43.5 Å². The van der Waals surface area contributed by atoms with Gasteiger partial charge in [-0.05, 0) is 75.0 Å². The van der Waals surface area contributed by atoms with E-state index in [2.05, 4.69) is 26.2 Å². The standard InChI is InChI=1S/C12H18N2O2S.C10H15N3O2S/c1-3-10-8-14(9-10)11-4-6-12(7-5-11)17(15,16)13-2;1-12-16(14,15)10-4-2-9(3-5-10)13-6-8(11)7-13/h4-7,10,13H,3,8-9H2,1-2H3;2-5,8,12H,6-7,11H2,1H3. The van der Waals surface area contributed by atoms with Gasteiger partial charge in [0, 0.05) is 43.6 Å². The number of anilines is 2. The number of hydrogen-bond acceptors (Lipinski definition) is 7. The number of nitrogens with zero attached hydrogens (tertiary/aromatic N) is 2. The van der Waals surface area contributed by atoms with Crippen LogP contribution in [-0.4, -0.2) is 63.2 Å². The fraction of sp³-hybridized carbons (Fsp3) is 0.455. The van der Waals surface area contributed by atoms with Gasteiger partial charge in [0.25, 0.3) is 0 Å². The van der Waals surface area contributed by atoms with Gasteiger partial charge in [0.15, 0.2) is 0 Å². The van der Waals surface area contributed by atoms with E-state index in [-0.39, 0.29) is 10.9 Å². The molecule has 33 heavy (non-hydrogen) atoms. The number of benzene rings is 2. The Balaban J connectivity index is 0.000000186. The molecule has 11 heteroatoms. The van der Waals surface area contributed by atoms with Gasteiger partial charge in [-0.15, -0.1) is 0 Å². The summed E-state index contributed by atoms with van der Waals surface area (Å²) in [5.74, 6) is 0.788. The molecule has 2 aromatic carbocycles. The maximum atomic E-state index is 11.5. The van der Waals surface area contributed by atoms with Crippen LogP contribution in [0.1, 0.15) is 13.3 Å². The van der Waals surface area contributed by atoms with Gasteiger partial charge in [0.1, 0.15) is 0 Å². The second kappa shape index (κ2) is 10.4. The normalized spacial score (nSPS) is 17.1. The highest BCUT2D eigenvalue weighted by molar-refractivity contribution is 7.89. The van der Waals surface area contributed by atoms with Gasteiger partial charge in [-0.2, -0.15) is 0 Å². The van der Waals surface area contributed by atoms with Crippen molar-refractivity contribution < 1.29 is 16.8 Å². The molecule has 0 spiro atoms. The zero-order valence-electron chi connectivity index (χ0n) is 19.2. The minimum Gasteiger partial charge on any atom is -0.371 e. The van der Waals surface area contributed by atoms with E-state index in [9.17, 15) is 16.8 Å². The number of hydrogen-bond donors (Lipinski definition) is 3. The topological polar surface area (TPSA) is 125 Å². The van der Waals surface area contributed by atoms with Gasteiger partial charge in [-0.3, -0.25) is 0 Å². The van der Waals surface area contributed by atoms with Crippen LogP contribution in [0, 0.1) is 5.92 Å². The summed E-state index contributed by atoms with van der Waals surface area (Å²) in [6.07, 6.45) is 1.21. The predicted octanol–water partition coefficient (Wildman–Crippen LogP) is 1.18. The van der Waals surface area contributed by atoms with Crippen molar-refractivity contribution in [1.29, 1.82) is 0 Å². The second-order valence-electron chi connectivity index (χ2n) is 8.25. The first-order valence-corrected chi connectivity index (χ1v) is 13.9. The summed E-state index contributed by atoms with van der Waals surface area (Å²) in [6.45, 7) is 6.02. The molecule has 9 nitrogen and oxygen atoms in total. The average molecular weight is 496 g/mol. The van der Waals surface area contributed by atoms with Gasteiger partial charge < -0.3 is 15.5 Å². The Morgan fingerprint density at radius 1 is 0.758 bits per heavy atom. The summed E-state index contributed by atoms with van der Waals surface area (Å²) in [5, 5.41) is 0. The van der Waals surface area contributed by atoms with Crippen molar-refractivity contribution in [3.05, 3.63) is 48.5 Å². The summed E-state index contributed by atoms with van der Waals surface area (Å²) in [4.78, 5) is 4.98. The number of nitrogens with one attached hydrogen (secondary N) is 2. The van der Waals surface area contributed by atoms with Crippen molar-refractivity contribution in [2.24, 2.45) is 11.7 Å². The lowest BCUT2D eigenvalue weighted by Gasteiger charge is -2.40. The van der Waals surface area contributed by atoms with Crippen LogP contribution in [0.5, 0.6) is 0 Å². The summed E-state index contributed by atoms with van der Waals surface area (Å²) < 4.78 is 50.6. The Kier molecular flexibility index (Phi) is 8.01. The van der Waals surface area contributed by atoms with E-state index in [1.165, 1.54) is 20.5 Å². The van der Waals surface area contributed by atoms with Crippen molar-refractivity contribution in [3.8, 4) is 0 Å². The van der Waals surface area contributed by atoms with Crippen molar-refractivity contribution >= 4 is 31.4 Å². The Bertz CT molecular complexity index is 1120. The molecule has 0 aliphatic carbocycles. The van der Waals surface area contributed by atoms with Gasteiger partial charge in [-0.25, -0.2) is 26.3 Å². The van der Waals surface area contributed by atoms with E-state index in [1.54, 1.807) is 36.4 Å². The van der Waals surface area contributed by atoms with Gasteiger partial charge in [0.05, 0.1) is 9.79 Å². The van der Waals surface area contributed by atoms with Crippen LogP contribution < -0.4 is 25.0 Å². The maximum absolute atomic E-state index is 11.5. The number of sulfonamides is 2. The molecule has 2 aromatic rings. The third kappa shape index (κ3) is 6.04. The van der Waals surface area contributed by atoms with E-state index in [0.29, 0.717) is 4.90 Å². The SMILES string of the molecule is CCC1CN(c2ccc(S(=O)(=O)NC)cc2)C1.CNS(=O)(=O)c1ccc(N2CC(N)C2)cc1. The fourth-order valence-corrected chi connectivity index (χ4v) is 5.13. The molecule has 4 rings (SSSR count). The van der Waals surface area contributed by atoms with Crippen LogP contribution in [-0.2, 0) is 20.0 Å². The smallest absolute Gasteiger partial charge is 0.240 e. The molecular formula is C22H33N5O4S2. The van der Waals surface area contributed by atoms with Crippen molar-refractivity contribution in [1.82, 2.24) is 9.44 Å². The third-order valence-corrected chi connectivity index (χ3v) is 8.87. The molecule has 0 bridgehead atoms. The summed E-state index contributed by atoms with van der Waals surface area (Å²) in [5.41, 5.74) is 7.79. The van der Waals surface area contributed by atoms with Crippen molar-refractivity contribution in [2.45, 2.75) is 29.2 Å². The molecule has 0 radical (unpaired) electrons. The minimum absolute atomic E-state index is 0.237. The molecule has 0 unspecified atom stereocenters. The molecule has 0 aromatic heterocycles. The number of nitrogens with two attached hydrogens (primary N) is 1. The minimum atomic E-state index is -3.33. The van der Waals surface area contributed by atoms with Crippen LogP contribution in [0.3, 0.4) is 0 Å². The molecule has 2 aliphatic rings. The Morgan fingerprint density at radius 3 is 1.42 bits per heavy atom. The molecule has 0 atom stereocenters. The molecule has 2 saturated heterocycles. The monoisotopic (exact) mass is 495 g/mol. The number of rotatable bonds is 7. The maximum Gasteiger partial charge on any atom is 0.240 e. The van der Waals surface area contributed by atoms with Crippen LogP contribution in [0.15, 0.2) is 58.3 Å². The molecule has 182 valence electrons. The van der Waals surface area contributed by atoms with Crippen LogP contribution in [0.2, 0.25) is 0 Å². The van der Waals surface area contributed by atoms with Gasteiger partial charge >= 0.3 is 0 Å². The van der Waals surface area contributed by atoms with Gasteiger partial charge in [-0.1, -0.05) is 6.92 Å². The van der Waals surface area contributed by atoms with Crippen LogP contribution in [0.25, 0.3) is 0 Å². The zero-order valence-corrected chi connectivity index (χ0v) is 20.9. The highest BCUT2D eigenvalue weighted by Crippen LogP contribution is 2.27. The van der Waals surface area contributed by atoms with Crippen LogP contribution in [0.4, 0.5) is 11.4 Å². The lowest BCUT2D eigenvalue weighted by molar-refractivity contribution is 0.399. The molecule has 4 N–H and O–H groups in total. The van der Waals surface area contributed by atoms with Gasteiger partial charge in [0.2, 0.25) is 20.0 Å². The molecule has 2 heterocycles. The van der Waals surface area contributed by atoms with Crippen molar-refractivity contribution in [2.75, 3.05) is 50.1 Å². The Morgan fingerprint density at radius 2 is 1.12 bits per heavy atom. The zero-order chi connectivity index (χ0) is 24.2. The summed E-state index contributed by atoms with van der Waals surface area (Å²) >= 11 is 0. The average Bonchev–Trinajstić information content (AvgIpc) is 2.77. The lowest BCUT2D eigenvalue weighted by atomic mass is 9.97. The lowest BCUT2D eigenvalue weighted by Crippen LogP contribution is -2.55. The third-order valence-electron chi connectivity index (χ3n) is 6.01. The highest BCUT2D eigenvalue weighted by atomic mass is 32.2.